The quantitative estimate of drug-likeness (QED) is 0.866. The molecule has 0 bridgehead atoms. The van der Waals surface area contributed by atoms with E-state index in [1.54, 1.807) is 0 Å². The van der Waals surface area contributed by atoms with Crippen LogP contribution in [0.25, 0.3) is 0 Å². The molecule has 0 spiro atoms. The van der Waals surface area contributed by atoms with Gasteiger partial charge in [-0.05, 0) is 61.8 Å². The molecule has 1 aliphatic carbocycles. The van der Waals surface area contributed by atoms with Crippen LogP contribution in [-0.2, 0) is 12.8 Å². The minimum atomic E-state index is 0.411. The van der Waals surface area contributed by atoms with Gasteiger partial charge < -0.3 is 5.11 Å². The second kappa shape index (κ2) is 4.93. The molecule has 0 saturated heterocycles. The van der Waals surface area contributed by atoms with Crippen LogP contribution in [0.15, 0.2) is 18.2 Å². The molecule has 1 N–H and O–H groups in total. The lowest BCUT2D eigenvalue weighted by Crippen LogP contribution is -2.39. The topological polar surface area (TPSA) is 23.5 Å². The maximum absolute atomic E-state index is 9.61. The van der Waals surface area contributed by atoms with Crippen LogP contribution in [-0.4, -0.2) is 29.1 Å². The molecular weight excluding hydrogens is 222 g/mol. The third kappa shape index (κ3) is 2.39. The molecule has 98 valence electrons. The van der Waals surface area contributed by atoms with E-state index in [0.717, 1.165) is 18.8 Å². The summed E-state index contributed by atoms with van der Waals surface area (Å²) < 4.78 is 0. The second-order valence-corrected chi connectivity index (χ2v) is 6.05. The minimum Gasteiger partial charge on any atom is -0.508 e. The Morgan fingerprint density at radius 3 is 2.83 bits per heavy atom. The number of aromatic hydroxyl groups is 1. The summed E-state index contributed by atoms with van der Waals surface area (Å²) in [6, 6.07) is 6.49. The van der Waals surface area contributed by atoms with Crippen molar-refractivity contribution in [1.82, 2.24) is 4.90 Å². The molecule has 2 heteroatoms. The number of nitrogens with zero attached hydrogens (tertiary/aromatic N) is 1. The average Bonchev–Trinajstić information content (AvgIpc) is 2.42. The molecule has 0 aromatic heterocycles. The van der Waals surface area contributed by atoms with Gasteiger partial charge >= 0.3 is 0 Å². The summed E-state index contributed by atoms with van der Waals surface area (Å²) in [5.74, 6) is 1.36. The van der Waals surface area contributed by atoms with Gasteiger partial charge in [-0.3, -0.25) is 4.90 Å². The van der Waals surface area contributed by atoms with Gasteiger partial charge in [-0.2, -0.15) is 0 Å². The van der Waals surface area contributed by atoms with E-state index in [1.165, 1.54) is 43.5 Å². The zero-order valence-corrected chi connectivity index (χ0v) is 11.2. The van der Waals surface area contributed by atoms with E-state index in [-0.39, 0.29) is 0 Å². The standard InChI is InChI=1S/C16H23NO/c1-12-9-15-10-16(18)6-5-14(15)7-8-17(12)11-13-3-2-4-13/h5-6,10,12-13,18H,2-4,7-9,11H2,1H3. The Bertz CT molecular complexity index is 425. The normalized spacial score (nSPS) is 25.3. The SMILES string of the molecule is CC1Cc2cc(O)ccc2CCN1CC1CCC1. The molecule has 1 saturated carbocycles. The van der Waals surface area contributed by atoms with Crippen LogP contribution >= 0.6 is 0 Å². The first-order valence-electron chi connectivity index (χ1n) is 7.27. The van der Waals surface area contributed by atoms with Crippen molar-refractivity contribution in [1.29, 1.82) is 0 Å². The minimum absolute atomic E-state index is 0.411. The van der Waals surface area contributed by atoms with Gasteiger partial charge in [0, 0.05) is 19.1 Å². The van der Waals surface area contributed by atoms with Crippen molar-refractivity contribution in [3.63, 3.8) is 0 Å². The van der Waals surface area contributed by atoms with Gasteiger partial charge in [0.25, 0.3) is 0 Å². The van der Waals surface area contributed by atoms with Crippen LogP contribution < -0.4 is 0 Å². The monoisotopic (exact) mass is 245 g/mol. The van der Waals surface area contributed by atoms with Gasteiger partial charge in [0.2, 0.25) is 0 Å². The Labute approximate surface area is 110 Å². The number of fused-ring (bicyclic) bond motifs is 1. The molecule has 1 unspecified atom stereocenters. The van der Waals surface area contributed by atoms with Gasteiger partial charge in [0.05, 0.1) is 0 Å². The third-order valence-corrected chi connectivity index (χ3v) is 4.71. The Hall–Kier alpha value is -1.02. The number of phenolic OH excluding ortho intramolecular Hbond substituents is 1. The van der Waals surface area contributed by atoms with Crippen molar-refractivity contribution in [3.8, 4) is 5.75 Å². The molecule has 2 nitrogen and oxygen atoms in total. The van der Waals surface area contributed by atoms with E-state index in [0.29, 0.717) is 11.8 Å². The van der Waals surface area contributed by atoms with Crippen LogP contribution in [0.1, 0.15) is 37.3 Å². The van der Waals surface area contributed by atoms with Crippen LogP contribution in [0, 0.1) is 5.92 Å². The lowest BCUT2D eigenvalue weighted by molar-refractivity contribution is 0.144. The lowest BCUT2D eigenvalue weighted by Gasteiger charge is -2.35. The van der Waals surface area contributed by atoms with Crippen molar-refractivity contribution in [3.05, 3.63) is 29.3 Å². The summed E-state index contributed by atoms with van der Waals surface area (Å²) >= 11 is 0. The third-order valence-electron chi connectivity index (χ3n) is 4.71. The van der Waals surface area contributed by atoms with E-state index in [4.69, 9.17) is 0 Å². The van der Waals surface area contributed by atoms with E-state index in [9.17, 15) is 5.11 Å². The van der Waals surface area contributed by atoms with Crippen molar-refractivity contribution >= 4 is 0 Å². The van der Waals surface area contributed by atoms with Crippen LogP contribution in [0.3, 0.4) is 0 Å². The average molecular weight is 245 g/mol. The highest BCUT2D eigenvalue weighted by Gasteiger charge is 2.25. The predicted octanol–water partition coefficient (Wildman–Crippen LogP) is 2.98. The molecule has 0 radical (unpaired) electrons. The Morgan fingerprint density at radius 2 is 2.11 bits per heavy atom. The lowest BCUT2D eigenvalue weighted by atomic mass is 9.85. The van der Waals surface area contributed by atoms with Crippen LogP contribution in [0.5, 0.6) is 5.75 Å². The summed E-state index contributed by atoms with van der Waals surface area (Å²) in [7, 11) is 0. The summed E-state index contributed by atoms with van der Waals surface area (Å²) in [5, 5.41) is 9.61. The first-order chi connectivity index (χ1) is 8.72. The molecule has 18 heavy (non-hydrogen) atoms. The summed E-state index contributed by atoms with van der Waals surface area (Å²) in [6.45, 7) is 4.79. The fourth-order valence-electron chi connectivity index (χ4n) is 3.26. The molecule has 1 atom stereocenters. The number of phenols is 1. The highest BCUT2D eigenvalue weighted by molar-refractivity contribution is 5.36. The van der Waals surface area contributed by atoms with Gasteiger partial charge in [-0.25, -0.2) is 0 Å². The largest absolute Gasteiger partial charge is 0.508 e. The first-order valence-corrected chi connectivity index (χ1v) is 7.27. The van der Waals surface area contributed by atoms with Gasteiger partial charge in [0.1, 0.15) is 5.75 Å². The van der Waals surface area contributed by atoms with Crippen molar-refractivity contribution < 1.29 is 5.11 Å². The smallest absolute Gasteiger partial charge is 0.115 e. The summed E-state index contributed by atoms with van der Waals surface area (Å²) in [6.07, 6.45) is 6.50. The van der Waals surface area contributed by atoms with Gasteiger partial charge in [0.15, 0.2) is 0 Å². The Morgan fingerprint density at radius 1 is 1.28 bits per heavy atom. The van der Waals surface area contributed by atoms with Crippen LogP contribution in [0.2, 0.25) is 0 Å². The van der Waals surface area contributed by atoms with E-state index in [1.807, 2.05) is 12.1 Å². The van der Waals surface area contributed by atoms with E-state index in [2.05, 4.69) is 17.9 Å². The Balaban J connectivity index is 1.72. The maximum Gasteiger partial charge on any atom is 0.115 e. The van der Waals surface area contributed by atoms with E-state index < -0.39 is 0 Å². The summed E-state index contributed by atoms with van der Waals surface area (Å²) in [4.78, 5) is 2.65. The van der Waals surface area contributed by atoms with Crippen molar-refractivity contribution in [2.45, 2.75) is 45.1 Å². The molecule has 0 amide bonds. The number of hydrogen-bond acceptors (Lipinski definition) is 2. The number of hydrogen-bond donors (Lipinski definition) is 1. The highest BCUT2D eigenvalue weighted by Crippen LogP contribution is 2.30. The molecule has 1 aromatic rings. The molecule has 1 aliphatic heterocycles. The maximum atomic E-state index is 9.61. The molecule has 1 aromatic carbocycles. The molecule has 1 fully saturated rings. The first kappa shape index (κ1) is 12.0. The van der Waals surface area contributed by atoms with Gasteiger partial charge in [-0.1, -0.05) is 12.5 Å². The number of rotatable bonds is 2. The van der Waals surface area contributed by atoms with Crippen LogP contribution in [0.4, 0.5) is 0 Å². The fraction of sp³-hybridized carbons (Fsp3) is 0.625. The van der Waals surface area contributed by atoms with Crippen molar-refractivity contribution in [2.75, 3.05) is 13.1 Å². The zero-order chi connectivity index (χ0) is 12.5. The second-order valence-electron chi connectivity index (χ2n) is 6.05. The molecule has 1 heterocycles. The fourth-order valence-corrected chi connectivity index (χ4v) is 3.26. The predicted molar refractivity (Wildman–Crippen MR) is 73.9 cm³/mol. The molecule has 3 rings (SSSR count). The summed E-state index contributed by atoms with van der Waals surface area (Å²) in [5.41, 5.74) is 2.77. The highest BCUT2D eigenvalue weighted by atomic mass is 16.3. The molecular formula is C16H23NO. The number of benzene rings is 1. The van der Waals surface area contributed by atoms with E-state index >= 15 is 0 Å². The molecule has 2 aliphatic rings. The zero-order valence-electron chi connectivity index (χ0n) is 11.2. The van der Waals surface area contributed by atoms with Crippen molar-refractivity contribution in [2.24, 2.45) is 5.92 Å². The van der Waals surface area contributed by atoms with Gasteiger partial charge in [-0.15, -0.1) is 0 Å². The Kier molecular flexibility index (Phi) is 3.29.